The van der Waals surface area contributed by atoms with Gasteiger partial charge in [-0.25, -0.2) is 0 Å². The minimum atomic E-state index is -0.104. The largest absolute Gasteiger partial charge is 0.494 e. The number of rotatable bonds is 6. The van der Waals surface area contributed by atoms with Gasteiger partial charge in [0.05, 0.1) is 12.2 Å². The van der Waals surface area contributed by atoms with E-state index < -0.39 is 0 Å². The molecule has 0 aromatic heterocycles. The van der Waals surface area contributed by atoms with Crippen LogP contribution < -0.4 is 4.74 Å². The van der Waals surface area contributed by atoms with Crippen molar-refractivity contribution >= 4 is 17.4 Å². The highest BCUT2D eigenvalue weighted by Crippen LogP contribution is 2.37. The Kier molecular flexibility index (Phi) is 6.99. The summed E-state index contributed by atoms with van der Waals surface area (Å²) in [6.45, 7) is 6.70. The molecule has 0 spiro atoms. The van der Waals surface area contributed by atoms with E-state index in [4.69, 9.17) is 4.74 Å². The van der Waals surface area contributed by atoms with Gasteiger partial charge >= 0.3 is 0 Å². The zero-order valence-corrected chi connectivity index (χ0v) is 19.1. The Hall–Kier alpha value is -2.30. The first-order valence-electron chi connectivity index (χ1n) is 12.2. The molecule has 3 aliphatic rings. The van der Waals surface area contributed by atoms with E-state index in [0.717, 1.165) is 69.3 Å². The van der Waals surface area contributed by atoms with Gasteiger partial charge in [0.2, 0.25) is 0 Å². The average molecular weight is 425 g/mol. The Bertz CT molecular complexity index is 814. The second-order valence-electron chi connectivity index (χ2n) is 9.39. The summed E-state index contributed by atoms with van der Waals surface area (Å²) >= 11 is 0. The zero-order chi connectivity index (χ0) is 21.8. The second kappa shape index (κ2) is 9.88. The highest BCUT2D eigenvalue weighted by molar-refractivity contribution is 6.35. The van der Waals surface area contributed by atoms with Crippen LogP contribution in [0.1, 0.15) is 77.2 Å². The van der Waals surface area contributed by atoms with Crippen molar-refractivity contribution < 1.29 is 14.3 Å². The van der Waals surface area contributed by atoms with Crippen molar-refractivity contribution in [3.05, 3.63) is 35.5 Å². The summed E-state index contributed by atoms with van der Waals surface area (Å²) in [4.78, 5) is 31.2. The van der Waals surface area contributed by atoms with Gasteiger partial charge in [0, 0.05) is 19.1 Å². The lowest BCUT2D eigenvalue weighted by atomic mass is 9.97. The van der Waals surface area contributed by atoms with Gasteiger partial charge in [-0.3, -0.25) is 14.5 Å². The van der Waals surface area contributed by atoms with Crippen molar-refractivity contribution in [2.24, 2.45) is 5.92 Å². The predicted molar refractivity (Wildman–Crippen MR) is 122 cm³/mol. The summed E-state index contributed by atoms with van der Waals surface area (Å²) in [6, 6.07) is 7.74. The highest BCUT2D eigenvalue weighted by atomic mass is 16.5. The smallest absolute Gasteiger partial charge is 0.278 e. The lowest BCUT2D eigenvalue weighted by molar-refractivity contribution is -0.140. The summed E-state index contributed by atoms with van der Waals surface area (Å²) < 4.78 is 5.72. The van der Waals surface area contributed by atoms with Gasteiger partial charge in [-0.1, -0.05) is 51.7 Å². The summed E-state index contributed by atoms with van der Waals surface area (Å²) in [5, 5.41) is 0. The van der Waals surface area contributed by atoms with Crippen LogP contribution >= 0.6 is 0 Å². The quantitative estimate of drug-likeness (QED) is 0.476. The Morgan fingerprint density at radius 2 is 1.55 bits per heavy atom. The summed E-state index contributed by atoms with van der Waals surface area (Å²) in [7, 11) is 0. The molecule has 0 unspecified atom stereocenters. The molecule has 0 radical (unpaired) electrons. The van der Waals surface area contributed by atoms with Crippen LogP contribution in [-0.2, 0) is 9.59 Å². The molecule has 1 saturated carbocycles. The maximum atomic E-state index is 13.7. The van der Waals surface area contributed by atoms with E-state index >= 15 is 0 Å². The Balaban J connectivity index is 1.67. The number of hydrogen-bond acceptors (Lipinski definition) is 4. The SMILES string of the molecule is CCCOc1ccc(C2=C(N3CCC(C)CC3)C(=O)N(C3CCCCCC3)C2=O)cc1. The maximum Gasteiger partial charge on any atom is 0.278 e. The number of likely N-dealkylation sites (tertiary alicyclic amines) is 1. The molecular weight excluding hydrogens is 388 g/mol. The van der Waals surface area contributed by atoms with Crippen LogP contribution in [0.5, 0.6) is 5.75 Å². The molecule has 0 bridgehead atoms. The molecule has 168 valence electrons. The molecule has 31 heavy (non-hydrogen) atoms. The van der Waals surface area contributed by atoms with Crippen molar-refractivity contribution in [1.82, 2.24) is 9.80 Å². The molecule has 5 nitrogen and oxygen atoms in total. The fourth-order valence-corrected chi connectivity index (χ4v) is 5.11. The normalized spacial score (nSPS) is 21.7. The molecule has 2 heterocycles. The van der Waals surface area contributed by atoms with Crippen molar-refractivity contribution in [2.45, 2.75) is 77.7 Å². The molecule has 5 heteroatoms. The van der Waals surface area contributed by atoms with Gasteiger partial charge < -0.3 is 9.64 Å². The van der Waals surface area contributed by atoms with E-state index in [1.165, 1.54) is 12.8 Å². The van der Waals surface area contributed by atoms with Crippen LogP contribution in [0.4, 0.5) is 0 Å². The number of piperidine rings is 1. The fourth-order valence-electron chi connectivity index (χ4n) is 5.11. The van der Waals surface area contributed by atoms with Gasteiger partial charge in [0.15, 0.2) is 0 Å². The number of imide groups is 1. The molecule has 1 aromatic carbocycles. The molecule has 2 fully saturated rings. The Morgan fingerprint density at radius 3 is 2.16 bits per heavy atom. The van der Waals surface area contributed by atoms with E-state index in [-0.39, 0.29) is 17.9 Å². The third-order valence-corrected chi connectivity index (χ3v) is 7.00. The van der Waals surface area contributed by atoms with Gasteiger partial charge in [0.1, 0.15) is 11.4 Å². The molecule has 1 aromatic rings. The lowest BCUT2D eigenvalue weighted by Crippen LogP contribution is -2.43. The van der Waals surface area contributed by atoms with E-state index in [9.17, 15) is 9.59 Å². The topological polar surface area (TPSA) is 49.9 Å². The van der Waals surface area contributed by atoms with Gasteiger partial charge in [-0.15, -0.1) is 0 Å². The third-order valence-electron chi connectivity index (χ3n) is 7.00. The number of carbonyl (C=O) groups is 2. The summed E-state index contributed by atoms with van der Waals surface area (Å²) in [6.07, 6.45) is 9.52. The van der Waals surface area contributed by atoms with Crippen LogP contribution in [0.25, 0.3) is 5.57 Å². The second-order valence-corrected chi connectivity index (χ2v) is 9.39. The fraction of sp³-hybridized carbons (Fsp3) is 0.615. The van der Waals surface area contributed by atoms with Crippen LogP contribution in [0, 0.1) is 5.92 Å². The number of amides is 2. The number of hydrogen-bond donors (Lipinski definition) is 0. The number of benzene rings is 1. The summed E-state index contributed by atoms with van der Waals surface area (Å²) in [5.74, 6) is 1.29. The molecule has 2 amide bonds. The summed E-state index contributed by atoms with van der Waals surface area (Å²) in [5.41, 5.74) is 2.04. The minimum Gasteiger partial charge on any atom is -0.494 e. The van der Waals surface area contributed by atoms with Gasteiger partial charge in [-0.2, -0.15) is 0 Å². The van der Waals surface area contributed by atoms with E-state index in [0.29, 0.717) is 23.8 Å². The Morgan fingerprint density at radius 1 is 0.903 bits per heavy atom. The van der Waals surface area contributed by atoms with Crippen molar-refractivity contribution in [3.8, 4) is 5.75 Å². The number of ether oxygens (including phenoxy) is 1. The third kappa shape index (κ3) is 4.65. The predicted octanol–water partition coefficient (Wildman–Crippen LogP) is 5.01. The molecular formula is C26H36N2O3. The molecule has 0 atom stereocenters. The van der Waals surface area contributed by atoms with E-state index in [2.05, 4.69) is 18.7 Å². The molecule has 1 saturated heterocycles. The Labute approximate surface area is 186 Å². The van der Waals surface area contributed by atoms with E-state index in [1.807, 2.05) is 24.3 Å². The first-order chi connectivity index (χ1) is 15.1. The van der Waals surface area contributed by atoms with Crippen LogP contribution in [0.3, 0.4) is 0 Å². The molecule has 2 aliphatic heterocycles. The van der Waals surface area contributed by atoms with E-state index in [1.54, 1.807) is 4.90 Å². The first-order valence-corrected chi connectivity index (χ1v) is 12.2. The molecule has 1 aliphatic carbocycles. The van der Waals surface area contributed by atoms with Crippen LogP contribution in [0.15, 0.2) is 30.0 Å². The van der Waals surface area contributed by atoms with Crippen LogP contribution in [0.2, 0.25) is 0 Å². The lowest BCUT2D eigenvalue weighted by Gasteiger charge is -2.33. The molecule has 0 N–H and O–H groups in total. The first kappa shape index (κ1) is 21.9. The average Bonchev–Trinajstić information content (AvgIpc) is 2.94. The van der Waals surface area contributed by atoms with Gasteiger partial charge in [-0.05, 0) is 55.7 Å². The standard InChI is InChI=1S/C26H36N2O3/c1-3-18-31-22-12-10-20(11-13-22)23-24(27-16-14-19(2)15-17-27)26(30)28(25(23)29)21-8-6-4-5-7-9-21/h10-13,19,21H,3-9,14-18H2,1-2H3. The monoisotopic (exact) mass is 424 g/mol. The molecule has 4 rings (SSSR count). The number of carbonyl (C=O) groups excluding carboxylic acids is 2. The highest BCUT2D eigenvalue weighted by Gasteiger charge is 2.45. The van der Waals surface area contributed by atoms with Crippen molar-refractivity contribution in [1.29, 1.82) is 0 Å². The maximum absolute atomic E-state index is 13.7. The zero-order valence-electron chi connectivity index (χ0n) is 19.1. The van der Waals surface area contributed by atoms with Crippen molar-refractivity contribution in [3.63, 3.8) is 0 Å². The number of nitrogens with zero attached hydrogens (tertiary/aromatic N) is 2. The minimum absolute atomic E-state index is 0.0332. The van der Waals surface area contributed by atoms with Crippen molar-refractivity contribution in [2.75, 3.05) is 19.7 Å². The van der Waals surface area contributed by atoms with Gasteiger partial charge in [0.25, 0.3) is 11.8 Å². The van der Waals surface area contributed by atoms with Crippen LogP contribution in [-0.4, -0.2) is 47.4 Å².